The number of likely N-dealkylation sites (N-methyl/N-ethyl adjacent to an activating group) is 1. The minimum Gasteiger partial charge on any atom is -0.356 e. The highest BCUT2D eigenvalue weighted by Crippen LogP contribution is 2.26. The lowest BCUT2D eigenvalue weighted by molar-refractivity contribution is 0.308. The normalized spacial score (nSPS) is 12.8. The number of hydrogen-bond acceptors (Lipinski definition) is 3. The van der Waals surface area contributed by atoms with Crippen molar-refractivity contribution in [3.05, 3.63) is 22.4 Å². The first-order valence-corrected chi connectivity index (χ1v) is 8.62. The van der Waals surface area contributed by atoms with Crippen LogP contribution >= 0.6 is 11.3 Å². The van der Waals surface area contributed by atoms with Gasteiger partial charge >= 0.3 is 0 Å². The molecule has 120 valence electrons. The quantitative estimate of drug-likeness (QED) is 0.572. The summed E-state index contributed by atoms with van der Waals surface area (Å²) in [7, 11) is 1.82. The molecule has 1 heterocycles. The fourth-order valence-corrected chi connectivity index (χ4v) is 3.00. The molecule has 0 aliphatic carbocycles. The van der Waals surface area contributed by atoms with E-state index in [9.17, 15) is 0 Å². The van der Waals surface area contributed by atoms with E-state index in [1.54, 1.807) is 0 Å². The second kappa shape index (κ2) is 9.05. The molecule has 0 unspecified atom stereocenters. The van der Waals surface area contributed by atoms with Crippen LogP contribution in [0.4, 0.5) is 0 Å². The van der Waals surface area contributed by atoms with Gasteiger partial charge in [-0.1, -0.05) is 33.8 Å². The van der Waals surface area contributed by atoms with Gasteiger partial charge < -0.3 is 15.5 Å². The van der Waals surface area contributed by atoms with E-state index >= 15 is 0 Å². The molecule has 0 fully saturated rings. The van der Waals surface area contributed by atoms with E-state index in [0.717, 1.165) is 38.7 Å². The second-order valence-electron chi connectivity index (χ2n) is 5.74. The maximum Gasteiger partial charge on any atom is 0.191 e. The van der Waals surface area contributed by atoms with Crippen LogP contribution in [0.25, 0.3) is 0 Å². The topological polar surface area (TPSA) is 39.7 Å². The molecule has 1 aromatic heterocycles. The number of nitrogens with one attached hydrogen (secondary N) is 2. The van der Waals surface area contributed by atoms with Crippen LogP contribution in [0.2, 0.25) is 0 Å². The third-order valence-electron chi connectivity index (χ3n) is 3.72. The highest BCUT2D eigenvalue weighted by atomic mass is 32.1. The van der Waals surface area contributed by atoms with E-state index in [1.807, 2.05) is 18.4 Å². The summed E-state index contributed by atoms with van der Waals surface area (Å²) in [6.45, 7) is 13.9. The fourth-order valence-electron chi connectivity index (χ4n) is 2.15. The van der Waals surface area contributed by atoms with Gasteiger partial charge in [0, 0.05) is 37.0 Å². The Kier molecular flexibility index (Phi) is 7.75. The maximum atomic E-state index is 4.30. The monoisotopic (exact) mass is 310 g/mol. The highest BCUT2D eigenvalue weighted by Gasteiger charge is 2.21. The number of nitrogens with zero attached hydrogens (tertiary/aromatic N) is 2. The summed E-state index contributed by atoms with van der Waals surface area (Å²) >= 11 is 1.81. The smallest absolute Gasteiger partial charge is 0.191 e. The van der Waals surface area contributed by atoms with Crippen LogP contribution in [-0.4, -0.2) is 50.6 Å². The Balaban J connectivity index is 2.38. The molecule has 0 saturated carbocycles. The molecule has 1 rings (SSSR count). The maximum absolute atomic E-state index is 4.30. The van der Waals surface area contributed by atoms with Crippen LogP contribution in [0.3, 0.4) is 0 Å². The highest BCUT2D eigenvalue weighted by molar-refractivity contribution is 7.10. The molecule has 0 aromatic carbocycles. The molecule has 1 aromatic rings. The van der Waals surface area contributed by atoms with Crippen LogP contribution in [0.5, 0.6) is 0 Å². The molecule has 0 saturated heterocycles. The Morgan fingerprint density at radius 3 is 2.52 bits per heavy atom. The van der Waals surface area contributed by atoms with Gasteiger partial charge in [-0.05, 0) is 24.5 Å². The third kappa shape index (κ3) is 6.06. The number of thiophene rings is 1. The van der Waals surface area contributed by atoms with Crippen molar-refractivity contribution in [3.63, 3.8) is 0 Å². The Hall–Kier alpha value is -1.07. The predicted octanol–water partition coefficient (Wildman–Crippen LogP) is 2.53. The molecular formula is C16H30N4S. The van der Waals surface area contributed by atoms with Gasteiger partial charge in [-0.2, -0.15) is 0 Å². The van der Waals surface area contributed by atoms with Gasteiger partial charge in [0.25, 0.3) is 0 Å². The molecule has 0 spiro atoms. The standard InChI is InChI=1S/C16H30N4S/c1-6-20(7-2)11-10-18-15(17-5)19-13-16(3,4)14-9-8-12-21-14/h8-9,12H,6-7,10-11,13H2,1-5H3,(H2,17,18,19). The van der Waals surface area contributed by atoms with Crippen molar-refractivity contribution in [2.75, 3.05) is 39.8 Å². The zero-order valence-corrected chi connectivity index (χ0v) is 14.9. The Morgan fingerprint density at radius 1 is 1.29 bits per heavy atom. The van der Waals surface area contributed by atoms with Gasteiger partial charge in [-0.15, -0.1) is 11.3 Å². The van der Waals surface area contributed by atoms with Crippen molar-refractivity contribution in [1.29, 1.82) is 0 Å². The van der Waals surface area contributed by atoms with E-state index in [1.165, 1.54) is 4.88 Å². The molecule has 0 atom stereocenters. The first-order chi connectivity index (χ1) is 10.0. The van der Waals surface area contributed by atoms with Gasteiger partial charge in [-0.25, -0.2) is 0 Å². The van der Waals surface area contributed by atoms with Crippen molar-refractivity contribution in [2.45, 2.75) is 33.1 Å². The number of hydrogen-bond donors (Lipinski definition) is 2. The Labute approximate surface area is 133 Å². The fraction of sp³-hybridized carbons (Fsp3) is 0.688. The molecule has 0 bridgehead atoms. The lowest BCUT2D eigenvalue weighted by atomic mass is 9.91. The zero-order valence-electron chi connectivity index (χ0n) is 14.1. The van der Waals surface area contributed by atoms with Gasteiger partial charge in [0.05, 0.1) is 0 Å². The largest absolute Gasteiger partial charge is 0.356 e. The summed E-state index contributed by atoms with van der Waals surface area (Å²) in [6.07, 6.45) is 0. The van der Waals surface area contributed by atoms with E-state index < -0.39 is 0 Å². The summed E-state index contributed by atoms with van der Waals surface area (Å²) < 4.78 is 0. The molecule has 0 aliphatic heterocycles. The summed E-state index contributed by atoms with van der Waals surface area (Å²) in [4.78, 5) is 8.10. The van der Waals surface area contributed by atoms with E-state index in [2.05, 4.69) is 65.7 Å². The van der Waals surface area contributed by atoms with Crippen LogP contribution in [0.15, 0.2) is 22.5 Å². The average molecular weight is 311 g/mol. The van der Waals surface area contributed by atoms with E-state index in [-0.39, 0.29) is 5.41 Å². The average Bonchev–Trinajstić information content (AvgIpc) is 3.02. The first kappa shape index (κ1) is 18.0. The molecule has 0 amide bonds. The second-order valence-corrected chi connectivity index (χ2v) is 6.69. The van der Waals surface area contributed by atoms with E-state index in [0.29, 0.717) is 0 Å². The van der Waals surface area contributed by atoms with Crippen molar-refractivity contribution in [3.8, 4) is 0 Å². The number of rotatable bonds is 8. The number of guanidine groups is 1. The minimum absolute atomic E-state index is 0.116. The predicted molar refractivity (Wildman–Crippen MR) is 94.5 cm³/mol. The molecule has 21 heavy (non-hydrogen) atoms. The summed E-state index contributed by atoms with van der Waals surface area (Å²) in [5, 5.41) is 8.95. The molecule has 2 N–H and O–H groups in total. The van der Waals surface area contributed by atoms with E-state index in [4.69, 9.17) is 0 Å². The van der Waals surface area contributed by atoms with Crippen molar-refractivity contribution in [2.24, 2.45) is 4.99 Å². The molecule has 0 aliphatic rings. The van der Waals surface area contributed by atoms with Crippen LogP contribution in [0, 0.1) is 0 Å². The van der Waals surface area contributed by atoms with Crippen LogP contribution in [0.1, 0.15) is 32.6 Å². The van der Waals surface area contributed by atoms with Gasteiger partial charge in [-0.3, -0.25) is 4.99 Å². The summed E-state index contributed by atoms with van der Waals surface area (Å²) in [5.74, 6) is 0.881. The van der Waals surface area contributed by atoms with Crippen LogP contribution < -0.4 is 10.6 Å². The lowest BCUT2D eigenvalue weighted by Crippen LogP contribution is -2.45. The number of aliphatic imine (C=N–C) groups is 1. The Bertz CT molecular complexity index is 408. The van der Waals surface area contributed by atoms with Gasteiger partial charge in [0.2, 0.25) is 0 Å². The van der Waals surface area contributed by atoms with Gasteiger partial charge in [0.15, 0.2) is 5.96 Å². The minimum atomic E-state index is 0.116. The Morgan fingerprint density at radius 2 is 2.00 bits per heavy atom. The van der Waals surface area contributed by atoms with Crippen molar-refractivity contribution < 1.29 is 0 Å². The van der Waals surface area contributed by atoms with Gasteiger partial charge in [0.1, 0.15) is 0 Å². The van der Waals surface area contributed by atoms with Crippen molar-refractivity contribution >= 4 is 17.3 Å². The molecule has 5 heteroatoms. The molecule has 4 nitrogen and oxygen atoms in total. The molecule has 0 radical (unpaired) electrons. The zero-order chi connectivity index (χ0) is 15.7. The molecular weight excluding hydrogens is 280 g/mol. The van der Waals surface area contributed by atoms with Crippen LogP contribution in [-0.2, 0) is 5.41 Å². The third-order valence-corrected chi connectivity index (χ3v) is 4.96. The summed E-state index contributed by atoms with van der Waals surface area (Å²) in [5.41, 5.74) is 0.116. The van der Waals surface area contributed by atoms with Crippen molar-refractivity contribution in [1.82, 2.24) is 15.5 Å². The SMILES string of the molecule is CCN(CC)CCNC(=NC)NCC(C)(C)c1cccs1. The lowest BCUT2D eigenvalue weighted by Gasteiger charge is -2.25. The summed E-state index contributed by atoms with van der Waals surface area (Å²) in [6, 6.07) is 4.31. The first-order valence-electron chi connectivity index (χ1n) is 7.74.